The second-order valence-corrected chi connectivity index (χ2v) is 11.4. The van der Waals surface area contributed by atoms with Crippen LogP contribution in [0.2, 0.25) is 0 Å². The number of nitrogens with zero attached hydrogens (tertiary/aromatic N) is 2. The van der Waals surface area contributed by atoms with E-state index in [-0.39, 0.29) is 4.90 Å². The summed E-state index contributed by atoms with van der Waals surface area (Å²) >= 11 is 0. The highest BCUT2D eigenvalue weighted by Crippen LogP contribution is 2.33. The Balaban J connectivity index is 1.82. The summed E-state index contributed by atoms with van der Waals surface area (Å²) in [7, 11) is -3.70. The molecule has 0 spiro atoms. The Morgan fingerprint density at radius 3 is 2.18 bits per heavy atom. The van der Waals surface area contributed by atoms with Gasteiger partial charge in [-0.1, -0.05) is 54.1 Å². The Morgan fingerprint density at radius 2 is 1.50 bits per heavy atom. The van der Waals surface area contributed by atoms with Crippen molar-refractivity contribution < 1.29 is 8.42 Å². The molecule has 0 unspecified atom stereocenters. The van der Waals surface area contributed by atoms with Crippen LogP contribution in [0, 0.1) is 20.8 Å². The largest absolute Gasteiger partial charge is 0.338 e. The minimum absolute atomic E-state index is 0.239. The molecule has 4 aromatic rings. The van der Waals surface area contributed by atoms with E-state index in [4.69, 9.17) is 0 Å². The van der Waals surface area contributed by atoms with Crippen LogP contribution in [0.25, 0.3) is 22.0 Å². The summed E-state index contributed by atoms with van der Waals surface area (Å²) in [5.74, 6) is 0.653. The van der Waals surface area contributed by atoms with Gasteiger partial charge in [0, 0.05) is 27.6 Å². The van der Waals surface area contributed by atoms with E-state index in [2.05, 4.69) is 46.2 Å². The number of aromatic nitrogens is 2. The highest BCUT2D eigenvalue weighted by molar-refractivity contribution is 7.89. The van der Waals surface area contributed by atoms with Gasteiger partial charge in [0.05, 0.1) is 4.90 Å². The van der Waals surface area contributed by atoms with E-state index in [1.54, 1.807) is 13.0 Å². The predicted molar refractivity (Wildman–Crippen MR) is 139 cm³/mol. The molecule has 0 bridgehead atoms. The van der Waals surface area contributed by atoms with Crippen LogP contribution in [-0.2, 0) is 10.0 Å². The molecule has 0 aliphatic heterocycles. The number of hydrogen-bond donors (Lipinski definition) is 2. The lowest BCUT2D eigenvalue weighted by atomic mass is 10.0. The van der Waals surface area contributed by atoms with E-state index in [9.17, 15) is 8.42 Å². The molecule has 0 aliphatic rings. The Bertz CT molecular complexity index is 1490. The number of fused-ring (bicyclic) bond motifs is 1. The van der Waals surface area contributed by atoms with Crippen molar-refractivity contribution in [2.24, 2.45) is 0 Å². The fourth-order valence-corrected chi connectivity index (χ4v) is 5.68. The monoisotopic (exact) mass is 474 g/mol. The van der Waals surface area contributed by atoms with Crippen molar-refractivity contribution in [1.29, 1.82) is 0 Å². The molecular formula is C27H30N4O2S. The van der Waals surface area contributed by atoms with E-state index in [1.165, 1.54) is 5.56 Å². The van der Waals surface area contributed by atoms with E-state index in [0.717, 1.165) is 22.0 Å². The summed E-state index contributed by atoms with van der Waals surface area (Å²) in [4.78, 5) is 0.239. The molecule has 6 nitrogen and oxygen atoms in total. The molecule has 3 aromatic carbocycles. The van der Waals surface area contributed by atoms with Gasteiger partial charge in [-0.25, -0.2) is 13.1 Å². The number of benzene rings is 3. The van der Waals surface area contributed by atoms with Gasteiger partial charge < -0.3 is 5.32 Å². The lowest BCUT2D eigenvalue weighted by Gasteiger charge is -2.21. The quantitative estimate of drug-likeness (QED) is 0.368. The van der Waals surface area contributed by atoms with Crippen molar-refractivity contribution in [1.82, 2.24) is 14.9 Å². The van der Waals surface area contributed by atoms with E-state index >= 15 is 0 Å². The van der Waals surface area contributed by atoms with Crippen LogP contribution < -0.4 is 10.0 Å². The fraction of sp³-hybridized carbons (Fsp3) is 0.259. The number of rotatable bonds is 5. The minimum Gasteiger partial charge on any atom is -0.338 e. The summed E-state index contributed by atoms with van der Waals surface area (Å²) in [5.41, 5.74) is 4.70. The average molecular weight is 475 g/mol. The first kappa shape index (κ1) is 23.9. The highest BCUT2D eigenvalue weighted by atomic mass is 32.2. The van der Waals surface area contributed by atoms with Crippen LogP contribution in [0.15, 0.2) is 65.6 Å². The first-order valence-corrected chi connectivity index (χ1v) is 12.7. The molecule has 0 amide bonds. The molecule has 34 heavy (non-hydrogen) atoms. The second kappa shape index (κ2) is 8.81. The summed E-state index contributed by atoms with van der Waals surface area (Å²) in [6, 6.07) is 19.5. The van der Waals surface area contributed by atoms with Crippen molar-refractivity contribution in [2.45, 2.75) is 52.0 Å². The topological polar surface area (TPSA) is 84.0 Å². The van der Waals surface area contributed by atoms with Crippen LogP contribution in [0.3, 0.4) is 0 Å². The normalized spacial score (nSPS) is 12.2. The van der Waals surface area contributed by atoms with Gasteiger partial charge in [-0.15, -0.1) is 10.2 Å². The maximum Gasteiger partial charge on any atom is 0.241 e. The summed E-state index contributed by atoms with van der Waals surface area (Å²) in [5, 5.41) is 14.2. The van der Waals surface area contributed by atoms with Crippen molar-refractivity contribution in [3.63, 3.8) is 0 Å². The van der Waals surface area contributed by atoms with Gasteiger partial charge in [0.2, 0.25) is 10.0 Å². The first-order valence-electron chi connectivity index (χ1n) is 11.2. The maximum atomic E-state index is 13.1. The lowest BCUT2D eigenvalue weighted by Crippen LogP contribution is -2.40. The zero-order valence-corrected chi connectivity index (χ0v) is 21.2. The van der Waals surface area contributed by atoms with Gasteiger partial charge in [0.15, 0.2) is 5.82 Å². The Hall–Kier alpha value is -3.29. The van der Waals surface area contributed by atoms with Gasteiger partial charge >= 0.3 is 0 Å². The van der Waals surface area contributed by atoms with Gasteiger partial charge in [0.1, 0.15) is 5.69 Å². The molecule has 0 aliphatic carbocycles. The lowest BCUT2D eigenvalue weighted by molar-refractivity contribution is 0.491. The fourth-order valence-electron chi connectivity index (χ4n) is 3.99. The zero-order chi connectivity index (χ0) is 24.7. The highest BCUT2D eigenvalue weighted by Gasteiger charge is 2.24. The Morgan fingerprint density at radius 1 is 0.794 bits per heavy atom. The number of sulfonamides is 1. The van der Waals surface area contributed by atoms with Crippen LogP contribution >= 0.6 is 0 Å². The number of anilines is 2. The number of nitrogens with one attached hydrogen (secondary N) is 2. The standard InChI is InChI=1S/C27H30N4O2S/c1-17-11-14-23(19(3)15-17)28-26-22-10-8-7-9-21(22)25(29-30-26)20-13-12-18(2)24(16-20)34(32,33)31-27(4,5)6/h7-16,31H,1-6H3,(H,28,30). The van der Waals surface area contributed by atoms with E-state index in [0.29, 0.717) is 22.6 Å². The van der Waals surface area contributed by atoms with Gasteiger partial charge in [-0.05, 0) is 64.8 Å². The van der Waals surface area contributed by atoms with Crippen molar-refractivity contribution in [3.05, 3.63) is 77.4 Å². The van der Waals surface area contributed by atoms with Crippen LogP contribution in [0.5, 0.6) is 0 Å². The minimum atomic E-state index is -3.70. The molecule has 0 atom stereocenters. The molecule has 4 rings (SSSR count). The third-order valence-corrected chi connectivity index (χ3v) is 7.41. The smallest absolute Gasteiger partial charge is 0.241 e. The van der Waals surface area contributed by atoms with Gasteiger partial charge in [0.25, 0.3) is 0 Å². The molecule has 7 heteroatoms. The van der Waals surface area contributed by atoms with E-state index < -0.39 is 15.6 Å². The maximum absolute atomic E-state index is 13.1. The van der Waals surface area contributed by atoms with Gasteiger partial charge in [-0.2, -0.15) is 0 Å². The molecular weight excluding hydrogens is 444 g/mol. The predicted octanol–water partition coefficient (Wildman–Crippen LogP) is 6.04. The SMILES string of the molecule is Cc1ccc(Nc2nnc(-c3ccc(C)c(S(=O)(=O)NC(C)(C)C)c3)c3ccccc23)c(C)c1. The summed E-state index contributed by atoms with van der Waals surface area (Å²) < 4.78 is 28.9. The molecule has 176 valence electrons. The average Bonchev–Trinajstić information content (AvgIpc) is 2.74. The molecule has 2 N–H and O–H groups in total. The van der Waals surface area contributed by atoms with Crippen molar-refractivity contribution >= 4 is 32.3 Å². The third kappa shape index (κ3) is 4.95. The van der Waals surface area contributed by atoms with Gasteiger partial charge in [-0.3, -0.25) is 0 Å². The summed E-state index contributed by atoms with van der Waals surface area (Å²) in [6.45, 7) is 11.4. The molecule has 1 aromatic heterocycles. The molecule has 0 fully saturated rings. The van der Waals surface area contributed by atoms with E-state index in [1.807, 2.05) is 63.2 Å². The van der Waals surface area contributed by atoms with Crippen LogP contribution in [0.4, 0.5) is 11.5 Å². The van der Waals surface area contributed by atoms with Crippen molar-refractivity contribution in [3.8, 4) is 11.3 Å². The van der Waals surface area contributed by atoms with Crippen molar-refractivity contribution in [2.75, 3.05) is 5.32 Å². The Kier molecular flexibility index (Phi) is 6.18. The second-order valence-electron chi connectivity index (χ2n) is 9.72. The third-order valence-electron chi connectivity index (χ3n) is 5.51. The Labute approximate surface area is 201 Å². The number of hydrogen-bond acceptors (Lipinski definition) is 5. The van der Waals surface area contributed by atoms with Crippen LogP contribution in [0.1, 0.15) is 37.5 Å². The first-order chi connectivity index (χ1) is 15.9. The molecule has 0 radical (unpaired) electrons. The molecule has 0 saturated heterocycles. The summed E-state index contributed by atoms with van der Waals surface area (Å²) in [6.07, 6.45) is 0. The van der Waals surface area contributed by atoms with Crippen LogP contribution in [-0.4, -0.2) is 24.2 Å². The number of aryl methyl sites for hydroxylation is 3. The zero-order valence-electron chi connectivity index (χ0n) is 20.4. The molecule has 1 heterocycles. The molecule has 0 saturated carbocycles.